The number of hydrogen-bond acceptors (Lipinski definition) is 3. The number of fused-ring (bicyclic) bond motifs is 3. The maximum Gasteiger partial charge on any atom is 0.166 e. The van der Waals surface area contributed by atoms with Crippen LogP contribution in [0.1, 0.15) is 23.3 Å². The fourth-order valence-corrected chi connectivity index (χ4v) is 6.70. The molecule has 0 atom stereocenters. The second-order valence-corrected chi connectivity index (χ2v) is 12.4. The Bertz CT molecular complexity index is 3860. The van der Waals surface area contributed by atoms with Crippen LogP contribution in [0.2, 0.25) is 0 Å². The molecule has 10 aromatic rings. The van der Waals surface area contributed by atoms with Crippen molar-refractivity contribution in [2.75, 3.05) is 0 Å². The minimum absolute atomic E-state index is 0.00541. The smallest absolute Gasteiger partial charge is 0.166 e. The Kier molecular flexibility index (Phi) is 4.80. The second kappa shape index (κ2) is 13.8. The summed E-state index contributed by atoms with van der Waals surface area (Å²) in [5, 5.41) is -0.00611. The van der Waals surface area contributed by atoms with E-state index < -0.39 is 78.6 Å². The first-order chi connectivity index (χ1) is 34.3. The van der Waals surface area contributed by atoms with Crippen LogP contribution in [-0.4, -0.2) is 19.5 Å². The zero-order chi connectivity index (χ0) is 51.3. The third-order valence-corrected chi connectivity index (χ3v) is 9.15. The average Bonchev–Trinajstić information content (AvgIpc) is 3.76. The predicted molar refractivity (Wildman–Crippen MR) is 227 cm³/mol. The monoisotopic (exact) mass is 719 g/mol. The van der Waals surface area contributed by atoms with Crippen LogP contribution in [-0.2, 0) is 0 Å². The summed E-state index contributed by atoms with van der Waals surface area (Å²) in [6.45, 7) is 0. The molecule has 4 nitrogen and oxygen atoms in total. The predicted octanol–water partition coefficient (Wildman–Crippen LogP) is 13.0. The first kappa shape index (κ1) is 19.1. The van der Waals surface area contributed by atoms with Crippen molar-refractivity contribution >= 4 is 21.8 Å². The molecule has 0 unspecified atom stereocenters. The molecule has 10 rings (SSSR count). The second-order valence-electron chi connectivity index (χ2n) is 12.4. The standard InChI is InChI=1S/C51H34N4/c1-5-17-35(18-6-1)39-25-15-26-40(33-39)41-31-32-46(55-45-29-14-13-27-43(45)48-42(28-16-30-47(48)55)36-19-7-2-8-20-36)44(34-41)51-53-49(37-21-9-3-10-22-37)52-50(54-51)38-23-11-4-12-24-38/h1-34H/i2D,3D,4D,7D,8D,9D,10D,11D,12D,13D,19D,20D,21D,23D,27D,29D,30D. The number of benzene rings is 8. The molecular formula is C51H34N4. The fraction of sp³-hybridized carbons (Fsp3) is 0. The molecule has 0 amide bonds. The molecule has 258 valence electrons. The Hall–Kier alpha value is -7.43. The number of aromatic nitrogens is 4. The molecule has 8 aromatic carbocycles. The van der Waals surface area contributed by atoms with Gasteiger partial charge < -0.3 is 4.57 Å². The van der Waals surface area contributed by atoms with Gasteiger partial charge in [0.25, 0.3) is 0 Å². The lowest BCUT2D eigenvalue weighted by Crippen LogP contribution is -2.04. The topological polar surface area (TPSA) is 43.6 Å². The lowest BCUT2D eigenvalue weighted by Gasteiger charge is -2.17. The zero-order valence-electron chi connectivity index (χ0n) is 45.6. The average molecular weight is 720 g/mol. The largest absolute Gasteiger partial charge is 0.308 e. The SMILES string of the molecule is [2H]c1cc(-c2nc(-c3cc(-c4cccc(-c5ccccc5)c4)ccc3-n3c4c([2H])ccc(-c5c([2H])c([2H])c([2H])c([2H])c5[2H])c4c4c([2H])c([2H])cc([2H])c43)nc(-c3cc([2H])c([2H])c([2H])c3[2H])n2)c([2H])c([2H])c1[2H]. The summed E-state index contributed by atoms with van der Waals surface area (Å²) < 4.78 is 150. The van der Waals surface area contributed by atoms with Crippen LogP contribution in [0.5, 0.6) is 0 Å². The third kappa shape index (κ3) is 5.96. The lowest BCUT2D eigenvalue weighted by atomic mass is 9.97. The van der Waals surface area contributed by atoms with Crippen molar-refractivity contribution in [3.63, 3.8) is 0 Å². The zero-order valence-corrected chi connectivity index (χ0v) is 28.6. The Balaban J connectivity index is 1.38. The maximum absolute atomic E-state index is 9.51. The van der Waals surface area contributed by atoms with Crippen LogP contribution in [0.15, 0.2) is 206 Å². The van der Waals surface area contributed by atoms with Crippen molar-refractivity contribution in [3.05, 3.63) is 206 Å². The van der Waals surface area contributed by atoms with Gasteiger partial charge in [0.05, 0.1) is 40.0 Å². The van der Waals surface area contributed by atoms with E-state index in [9.17, 15) is 4.11 Å². The summed E-state index contributed by atoms with van der Waals surface area (Å²) >= 11 is 0. The number of nitrogens with zero attached hydrogens (tertiary/aromatic N) is 4. The summed E-state index contributed by atoms with van der Waals surface area (Å²) in [6.07, 6.45) is 0. The molecule has 2 aromatic heterocycles. The van der Waals surface area contributed by atoms with E-state index in [0.29, 0.717) is 11.1 Å². The van der Waals surface area contributed by atoms with Crippen LogP contribution in [0.4, 0.5) is 0 Å². The van der Waals surface area contributed by atoms with Gasteiger partial charge in [-0.2, -0.15) is 0 Å². The van der Waals surface area contributed by atoms with Crippen LogP contribution in [0.25, 0.3) is 95.0 Å². The molecule has 0 fully saturated rings. The molecule has 4 heteroatoms. The molecule has 0 bridgehead atoms. The van der Waals surface area contributed by atoms with E-state index in [2.05, 4.69) is 4.98 Å². The van der Waals surface area contributed by atoms with Crippen molar-refractivity contribution in [1.82, 2.24) is 19.5 Å². The normalized spacial score (nSPS) is 15.6. The highest BCUT2D eigenvalue weighted by atomic mass is 15.1. The van der Waals surface area contributed by atoms with Gasteiger partial charge in [0.2, 0.25) is 0 Å². The van der Waals surface area contributed by atoms with Crippen molar-refractivity contribution in [2.24, 2.45) is 0 Å². The quantitative estimate of drug-likeness (QED) is 0.165. The van der Waals surface area contributed by atoms with Crippen LogP contribution >= 0.6 is 0 Å². The van der Waals surface area contributed by atoms with Gasteiger partial charge in [-0.3, -0.25) is 0 Å². The Morgan fingerprint density at radius 2 is 0.982 bits per heavy atom. The van der Waals surface area contributed by atoms with Crippen LogP contribution in [0.3, 0.4) is 0 Å². The van der Waals surface area contributed by atoms with Crippen molar-refractivity contribution < 1.29 is 23.3 Å². The van der Waals surface area contributed by atoms with E-state index in [4.69, 9.17) is 29.2 Å². The van der Waals surface area contributed by atoms with E-state index in [1.54, 1.807) is 18.2 Å². The molecule has 55 heavy (non-hydrogen) atoms. The highest BCUT2D eigenvalue weighted by Crippen LogP contribution is 2.41. The van der Waals surface area contributed by atoms with Crippen molar-refractivity contribution in [1.29, 1.82) is 0 Å². The summed E-state index contributed by atoms with van der Waals surface area (Å²) in [6, 6.07) is 20.2. The number of para-hydroxylation sites is 1. The molecule has 0 radical (unpaired) electrons. The number of hydrogen-bond donors (Lipinski definition) is 0. The number of rotatable bonds is 7. The van der Waals surface area contributed by atoms with E-state index in [1.165, 1.54) is 16.7 Å². The minimum atomic E-state index is -0.639. The summed E-state index contributed by atoms with van der Waals surface area (Å²) in [5.41, 5.74) is 2.76. The van der Waals surface area contributed by atoms with E-state index in [0.717, 1.165) is 29.3 Å². The van der Waals surface area contributed by atoms with Gasteiger partial charge in [0, 0.05) is 27.5 Å². The maximum atomic E-state index is 9.51. The molecule has 0 aliphatic heterocycles. The summed E-state index contributed by atoms with van der Waals surface area (Å²) in [7, 11) is 0. The van der Waals surface area contributed by atoms with Crippen LogP contribution < -0.4 is 0 Å². The summed E-state index contributed by atoms with van der Waals surface area (Å²) in [4.78, 5) is 14.3. The van der Waals surface area contributed by atoms with Gasteiger partial charge >= 0.3 is 0 Å². The van der Waals surface area contributed by atoms with Gasteiger partial charge in [0.15, 0.2) is 17.5 Å². The van der Waals surface area contributed by atoms with Gasteiger partial charge in [-0.25, -0.2) is 15.0 Å². The fourth-order valence-electron chi connectivity index (χ4n) is 6.70. The molecule has 0 saturated heterocycles. The molecule has 2 heterocycles. The molecular weight excluding hydrogens is 669 g/mol. The lowest BCUT2D eigenvalue weighted by molar-refractivity contribution is 1.06. The van der Waals surface area contributed by atoms with Gasteiger partial charge in [0.1, 0.15) is 0 Å². The molecule has 0 saturated carbocycles. The van der Waals surface area contributed by atoms with E-state index in [1.807, 2.05) is 54.6 Å². The minimum Gasteiger partial charge on any atom is -0.308 e. The highest BCUT2D eigenvalue weighted by Gasteiger charge is 2.21. The Labute approximate surface area is 343 Å². The highest BCUT2D eigenvalue weighted by molar-refractivity contribution is 6.16. The first-order valence-electron chi connectivity index (χ1n) is 25.6. The van der Waals surface area contributed by atoms with Gasteiger partial charge in [-0.05, 0) is 63.7 Å². The van der Waals surface area contributed by atoms with E-state index >= 15 is 0 Å². The van der Waals surface area contributed by atoms with Crippen LogP contribution in [0, 0.1) is 0 Å². The first-order valence-corrected chi connectivity index (χ1v) is 17.1. The van der Waals surface area contributed by atoms with Crippen molar-refractivity contribution in [2.45, 2.75) is 0 Å². The van der Waals surface area contributed by atoms with Gasteiger partial charge in [-0.15, -0.1) is 0 Å². The summed E-state index contributed by atoms with van der Waals surface area (Å²) in [5.74, 6) is -0.821. The Morgan fingerprint density at radius 1 is 0.364 bits per heavy atom. The Morgan fingerprint density at radius 3 is 1.73 bits per heavy atom. The molecule has 0 spiro atoms. The molecule has 0 N–H and O–H groups in total. The van der Waals surface area contributed by atoms with Crippen molar-refractivity contribution in [3.8, 4) is 73.2 Å². The third-order valence-electron chi connectivity index (χ3n) is 9.15. The van der Waals surface area contributed by atoms with E-state index in [-0.39, 0.29) is 97.0 Å². The van der Waals surface area contributed by atoms with Gasteiger partial charge in [-0.1, -0.05) is 176 Å². The molecule has 0 aliphatic carbocycles. The molecule has 0 aliphatic rings.